The highest BCUT2D eigenvalue weighted by atomic mass is 32.1. The molecule has 2 unspecified atom stereocenters. The van der Waals surface area contributed by atoms with Crippen LogP contribution >= 0.6 is 11.3 Å². The summed E-state index contributed by atoms with van der Waals surface area (Å²) in [6.07, 6.45) is 4.13. The summed E-state index contributed by atoms with van der Waals surface area (Å²) >= 11 is 1.43. The molecule has 1 aliphatic heterocycles. The number of allylic oxidation sites excluding steroid dienone is 3. The first-order chi connectivity index (χ1) is 13.4. The van der Waals surface area contributed by atoms with Crippen molar-refractivity contribution in [3.05, 3.63) is 58.2 Å². The standard InChI is InChI=1S/C19H18F3N3O2S/c20-19(21,22)13-4-5-17(23-9-13)27-15-6-7-25(10-15)14-3-1-2-12(8-14)18-24-16(26)11-28-18/h1,3-5,8-9,11-12,15,26H,2,6-7,10H2. The Labute approximate surface area is 163 Å². The molecular formula is C19H18F3N3O2S. The van der Waals surface area contributed by atoms with E-state index in [-0.39, 0.29) is 23.8 Å². The number of likely N-dealkylation sites (tertiary alicyclic amines) is 1. The Morgan fingerprint density at radius 3 is 2.82 bits per heavy atom. The average Bonchev–Trinajstić information content (AvgIpc) is 3.31. The van der Waals surface area contributed by atoms with Gasteiger partial charge in [0.1, 0.15) is 11.1 Å². The third kappa shape index (κ3) is 4.14. The van der Waals surface area contributed by atoms with E-state index in [1.807, 2.05) is 0 Å². The number of hydrogen-bond acceptors (Lipinski definition) is 6. The molecule has 148 valence electrons. The molecule has 1 fully saturated rings. The molecule has 0 radical (unpaired) electrons. The van der Waals surface area contributed by atoms with Crippen LogP contribution in [0.2, 0.25) is 0 Å². The molecule has 2 aromatic heterocycles. The molecule has 2 atom stereocenters. The summed E-state index contributed by atoms with van der Waals surface area (Å²) in [7, 11) is 0. The average molecular weight is 409 g/mol. The first-order valence-corrected chi connectivity index (χ1v) is 9.74. The van der Waals surface area contributed by atoms with E-state index < -0.39 is 11.7 Å². The number of nitrogens with zero attached hydrogens (tertiary/aromatic N) is 3. The molecule has 2 aromatic rings. The van der Waals surface area contributed by atoms with Gasteiger partial charge in [0.05, 0.1) is 17.5 Å². The van der Waals surface area contributed by atoms with Crippen LogP contribution in [0.25, 0.3) is 0 Å². The lowest BCUT2D eigenvalue weighted by Crippen LogP contribution is -2.25. The van der Waals surface area contributed by atoms with Crippen molar-refractivity contribution in [2.45, 2.75) is 31.0 Å². The molecule has 3 heterocycles. The van der Waals surface area contributed by atoms with Crippen molar-refractivity contribution in [1.29, 1.82) is 0 Å². The molecule has 28 heavy (non-hydrogen) atoms. The van der Waals surface area contributed by atoms with Gasteiger partial charge in [-0.15, -0.1) is 11.3 Å². The Morgan fingerprint density at radius 1 is 1.29 bits per heavy atom. The number of ether oxygens (including phenoxy) is 1. The highest BCUT2D eigenvalue weighted by molar-refractivity contribution is 7.09. The Balaban J connectivity index is 1.38. The fraction of sp³-hybridized carbons (Fsp3) is 0.368. The third-order valence-electron chi connectivity index (χ3n) is 4.74. The molecule has 2 aliphatic rings. The molecular weight excluding hydrogens is 391 g/mol. The number of alkyl halides is 3. The topological polar surface area (TPSA) is 58.5 Å². The van der Waals surface area contributed by atoms with Gasteiger partial charge in [0.25, 0.3) is 0 Å². The lowest BCUT2D eigenvalue weighted by molar-refractivity contribution is -0.137. The van der Waals surface area contributed by atoms with E-state index in [1.165, 1.54) is 17.4 Å². The van der Waals surface area contributed by atoms with E-state index in [1.54, 1.807) is 5.38 Å². The number of hydrogen-bond donors (Lipinski definition) is 1. The zero-order valence-corrected chi connectivity index (χ0v) is 15.6. The van der Waals surface area contributed by atoms with Crippen LogP contribution in [0.1, 0.15) is 29.3 Å². The summed E-state index contributed by atoms with van der Waals surface area (Å²) in [6, 6.07) is 2.24. The van der Waals surface area contributed by atoms with Crippen molar-refractivity contribution < 1.29 is 23.0 Å². The van der Waals surface area contributed by atoms with E-state index in [0.29, 0.717) is 6.54 Å². The van der Waals surface area contributed by atoms with Crippen LogP contribution in [0.15, 0.2) is 47.6 Å². The molecule has 4 rings (SSSR count). The van der Waals surface area contributed by atoms with E-state index in [9.17, 15) is 18.3 Å². The predicted molar refractivity (Wildman–Crippen MR) is 98.2 cm³/mol. The molecule has 9 heteroatoms. The molecule has 0 spiro atoms. The minimum Gasteiger partial charge on any atom is -0.493 e. The number of pyridine rings is 1. The SMILES string of the molecule is Oc1csc(C2C=C(N3CCC(Oc4ccc(C(F)(F)F)cn4)C3)C=CC2)n1. The molecule has 0 amide bonds. The van der Waals surface area contributed by atoms with E-state index in [2.05, 4.69) is 33.1 Å². The zero-order chi connectivity index (χ0) is 19.7. The van der Waals surface area contributed by atoms with Crippen molar-refractivity contribution in [3.63, 3.8) is 0 Å². The van der Waals surface area contributed by atoms with Gasteiger partial charge in [-0.1, -0.05) is 12.2 Å². The largest absolute Gasteiger partial charge is 0.493 e. The van der Waals surface area contributed by atoms with Crippen LogP contribution in [0.4, 0.5) is 13.2 Å². The second-order valence-corrected chi connectivity index (χ2v) is 7.63. The van der Waals surface area contributed by atoms with Gasteiger partial charge >= 0.3 is 6.18 Å². The highest BCUT2D eigenvalue weighted by Crippen LogP contribution is 2.33. The Morgan fingerprint density at radius 2 is 2.14 bits per heavy atom. The smallest absolute Gasteiger partial charge is 0.417 e. The summed E-state index contributed by atoms with van der Waals surface area (Å²) < 4.78 is 43.6. The second kappa shape index (κ2) is 7.46. The van der Waals surface area contributed by atoms with Crippen molar-refractivity contribution in [2.24, 2.45) is 0 Å². The normalized spacial score (nSPS) is 22.4. The first kappa shape index (κ1) is 18.8. The van der Waals surface area contributed by atoms with Crippen LogP contribution in [-0.4, -0.2) is 39.2 Å². The zero-order valence-electron chi connectivity index (χ0n) is 14.8. The van der Waals surface area contributed by atoms with Crippen LogP contribution in [0.3, 0.4) is 0 Å². The summed E-state index contributed by atoms with van der Waals surface area (Å²) in [5.41, 5.74) is 0.280. The monoisotopic (exact) mass is 409 g/mol. The van der Waals surface area contributed by atoms with E-state index >= 15 is 0 Å². The predicted octanol–water partition coefficient (Wildman–Crippen LogP) is 4.34. The molecule has 0 saturated carbocycles. The fourth-order valence-corrected chi connectivity index (χ4v) is 4.11. The van der Waals surface area contributed by atoms with Crippen LogP contribution in [-0.2, 0) is 6.18 Å². The molecule has 5 nitrogen and oxygen atoms in total. The van der Waals surface area contributed by atoms with Gasteiger partial charge in [0.15, 0.2) is 0 Å². The maximum Gasteiger partial charge on any atom is 0.417 e. The van der Waals surface area contributed by atoms with Crippen molar-refractivity contribution >= 4 is 11.3 Å². The van der Waals surface area contributed by atoms with Gasteiger partial charge in [0.2, 0.25) is 11.8 Å². The number of thiazole rings is 1. The van der Waals surface area contributed by atoms with Crippen LogP contribution in [0, 0.1) is 0 Å². The maximum atomic E-state index is 12.6. The summed E-state index contributed by atoms with van der Waals surface area (Å²) in [5, 5.41) is 12.0. The summed E-state index contributed by atoms with van der Waals surface area (Å²) in [6.45, 7) is 1.42. The first-order valence-electron chi connectivity index (χ1n) is 8.86. The van der Waals surface area contributed by atoms with Gasteiger partial charge < -0.3 is 14.7 Å². The molecule has 0 aromatic carbocycles. The summed E-state index contributed by atoms with van der Waals surface area (Å²) in [5.74, 6) is 0.370. The Bertz CT molecular complexity index is 893. The quantitative estimate of drug-likeness (QED) is 0.814. The molecule has 0 bridgehead atoms. The number of aromatic hydroxyl groups is 1. The lowest BCUT2D eigenvalue weighted by atomic mass is 9.99. The third-order valence-corrected chi connectivity index (χ3v) is 5.70. The molecule has 1 aliphatic carbocycles. The lowest BCUT2D eigenvalue weighted by Gasteiger charge is -2.24. The fourth-order valence-electron chi connectivity index (χ4n) is 3.34. The van der Waals surface area contributed by atoms with Crippen LogP contribution < -0.4 is 4.74 Å². The number of rotatable bonds is 4. The Hall–Kier alpha value is -2.55. The Kier molecular flexibility index (Phi) is 5.01. The second-order valence-electron chi connectivity index (χ2n) is 6.74. The highest BCUT2D eigenvalue weighted by Gasteiger charge is 2.31. The van der Waals surface area contributed by atoms with Gasteiger partial charge in [0, 0.05) is 36.8 Å². The minimum absolute atomic E-state index is 0.0446. The molecule has 1 N–H and O–H groups in total. The molecule has 1 saturated heterocycles. The van der Waals surface area contributed by atoms with Crippen molar-refractivity contribution in [3.8, 4) is 11.8 Å². The van der Waals surface area contributed by atoms with Gasteiger partial charge in [-0.3, -0.25) is 0 Å². The number of aromatic nitrogens is 2. The van der Waals surface area contributed by atoms with Gasteiger partial charge in [-0.2, -0.15) is 13.2 Å². The van der Waals surface area contributed by atoms with E-state index in [0.717, 1.165) is 42.4 Å². The number of halogens is 3. The van der Waals surface area contributed by atoms with Crippen LogP contribution in [0.5, 0.6) is 11.8 Å². The van der Waals surface area contributed by atoms with Gasteiger partial charge in [-0.25, -0.2) is 9.97 Å². The van der Waals surface area contributed by atoms with Crippen molar-refractivity contribution in [2.75, 3.05) is 13.1 Å². The van der Waals surface area contributed by atoms with Gasteiger partial charge in [-0.05, 0) is 18.6 Å². The maximum absolute atomic E-state index is 12.6. The van der Waals surface area contributed by atoms with E-state index in [4.69, 9.17) is 4.74 Å². The van der Waals surface area contributed by atoms with Crippen molar-refractivity contribution in [1.82, 2.24) is 14.9 Å². The minimum atomic E-state index is -4.40. The summed E-state index contributed by atoms with van der Waals surface area (Å²) in [4.78, 5) is 10.1.